The Bertz CT molecular complexity index is 742. The summed E-state index contributed by atoms with van der Waals surface area (Å²) in [6, 6.07) is 18.3. The van der Waals surface area contributed by atoms with Crippen LogP contribution < -0.4 is 0 Å². The number of hydrogen-bond donors (Lipinski definition) is 0. The van der Waals surface area contributed by atoms with Crippen LogP contribution in [0.3, 0.4) is 0 Å². The van der Waals surface area contributed by atoms with Gasteiger partial charge < -0.3 is 0 Å². The van der Waals surface area contributed by atoms with Crippen molar-refractivity contribution in [1.29, 1.82) is 0 Å². The number of nitrogens with zero attached hydrogens (tertiary/aromatic N) is 2. The third kappa shape index (κ3) is 2.42. The molecule has 1 aliphatic rings. The SMILES string of the molecule is CC(=O)N1N=C(c2ccccc2Cl)CC1(C)c1c[c]ccc1. The van der Waals surface area contributed by atoms with Crippen molar-refractivity contribution < 1.29 is 4.79 Å². The monoisotopic (exact) mass is 311 g/mol. The first kappa shape index (κ1) is 14.8. The van der Waals surface area contributed by atoms with E-state index in [-0.39, 0.29) is 5.91 Å². The second kappa shape index (κ2) is 5.58. The molecule has 3 nitrogen and oxygen atoms in total. The Hall–Kier alpha value is -2.13. The maximum atomic E-state index is 12.1. The number of hydrogen-bond acceptors (Lipinski definition) is 2. The van der Waals surface area contributed by atoms with E-state index >= 15 is 0 Å². The lowest BCUT2D eigenvalue weighted by atomic mass is 9.86. The lowest BCUT2D eigenvalue weighted by Gasteiger charge is -2.32. The minimum atomic E-state index is -0.516. The van der Waals surface area contributed by atoms with E-state index in [0.29, 0.717) is 11.4 Å². The normalized spacial score (nSPS) is 20.9. The molecule has 0 fully saturated rings. The second-order valence-electron chi connectivity index (χ2n) is 5.60. The molecule has 1 atom stereocenters. The average molecular weight is 312 g/mol. The number of carbonyl (C=O) groups excluding carboxylic acids is 1. The number of hydrazone groups is 1. The quantitative estimate of drug-likeness (QED) is 0.824. The molecular weight excluding hydrogens is 296 g/mol. The molecule has 1 aliphatic heterocycles. The van der Waals surface area contributed by atoms with Gasteiger partial charge in [-0.3, -0.25) is 4.79 Å². The van der Waals surface area contributed by atoms with Crippen molar-refractivity contribution >= 4 is 23.2 Å². The summed E-state index contributed by atoms with van der Waals surface area (Å²) in [5.74, 6) is -0.0894. The van der Waals surface area contributed by atoms with E-state index in [2.05, 4.69) is 11.2 Å². The number of rotatable bonds is 2. The van der Waals surface area contributed by atoms with Crippen molar-refractivity contribution in [2.24, 2.45) is 5.10 Å². The van der Waals surface area contributed by atoms with Gasteiger partial charge in [-0.1, -0.05) is 48.0 Å². The molecule has 2 aromatic carbocycles. The zero-order valence-electron chi connectivity index (χ0n) is 12.5. The molecular formula is C18H16ClN2O. The molecule has 3 rings (SSSR count). The maximum absolute atomic E-state index is 12.1. The molecule has 22 heavy (non-hydrogen) atoms. The van der Waals surface area contributed by atoms with E-state index in [1.165, 1.54) is 6.92 Å². The topological polar surface area (TPSA) is 32.7 Å². The Morgan fingerprint density at radius 1 is 1.32 bits per heavy atom. The van der Waals surface area contributed by atoms with Gasteiger partial charge in [-0.05, 0) is 30.7 Å². The van der Waals surface area contributed by atoms with Gasteiger partial charge in [0.2, 0.25) is 5.91 Å². The van der Waals surface area contributed by atoms with Crippen LogP contribution in [0.5, 0.6) is 0 Å². The molecule has 2 aromatic rings. The van der Waals surface area contributed by atoms with Gasteiger partial charge in [-0.2, -0.15) is 5.10 Å². The summed E-state index contributed by atoms with van der Waals surface area (Å²) in [4.78, 5) is 12.1. The van der Waals surface area contributed by atoms with Crippen LogP contribution in [0.4, 0.5) is 0 Å². The van der Waals surface area contributed by atoms with Gasteiger partial charge in [-0.25, -0.2) is 5.01 Å². The molecule has 4 heteroatoms. The number of carbonyl (C=O) groups is 1. The lowest BCUT2D eigenvalue weighted by molar-refractivity contribution is -0.133. The van der Waals surface area contributed by atoms with E-state index in [4.69, 9.17) is 11.6 Å². The highest BCUT2D eigenvalue weighted by molar-refractivity contribution is 6.34. The fourth-order valence-corrected chi connectivity index (χ4v) is 3.13. The fraction of sp³-hybridized carbons (Fsp3) is 0.222. The van der Waals surface area contributed by atoms with Gasteiger partial charge in [0.15, 0.2) is 0 Å². The Balaban J connectivity index is 2.06. The standard InChI is InChI=1S/C18H16ClN2O/c1-13(22)21-18(2,14-8-4-3-5-9-14)12-17(20-21)15-10-6-7-11-16(15)19/h3-4,6-11H,12H2,1-2H3. The average Bonchev–Trinajstić information content (AvgIpc) is 2.88. The van der Waals surface area contributed by atoms with Crippen LogP contribution in [0.1, 0.15) is 31.4 Å². The molecule has 1 radical (unpaired) electrons. The van der Waals surface area contributed by atoms with Crippen molar-refractivity contribution in [3.8, 4) is 0 Å². The molecule has 0 saturated heterocycles. The molecule has 0 spiro atoms. The minimum absolute atomic E-state index is 0.0894. The van der Waals surface area contributed by atoms with Crippen LogP contribution >= 0.6 is 11.6 Å². The third-order valence-electron chi connectivity index (χ3n) is 4.01. The summed E-state index contributed by atoms with van der Waals surface area (Å²) in [5, 5.41) is 6.75. The number of benzene rings is 2. The van der Waals surface area contributed by atoms with Crippen LogP contribution in [-0.4, -0.2) is 16.6 Å². The van der Waals surface area contributed by atoms with E-state index < -0.39 is 5.54 Å². The molecule has 111 valence electrons. The highest BCUT2D eigenvalue weighted by Gasteiger charge is 2.42. The Morgan fingerprint density at radius 2 is 2.09 bits per heavy atom. The van der Waals surface area contributed by atoms with Crippen molar-refractivity contribution in [1.82, 2.24) is 5.01 Å². The largest absolute Gasteiger partial charge is 0.273 e. The van der Waals surface area contributed by atoms with Crippen molar-refractivity contribution in [3.63, 3.8) is 0 Å². The van der Waals surface area contributed by atoms with Gasteiger partial charge in [0.1, 0.15) is 0 Å². The summed E-state index contributed by atoms with van der Waals surface area (Å²) < 4.78 is 0. The first-order valence-corrected chi connectivity index (χ1v) is 7.50. The van der Waals surface area contributed by atoms with E-state index in [9.17, 15) is 4.79 Å². The van der Waals surface area contributed by atoms with Crippen LogP contribution in [0.2, 0.25) is 5.02 Å². The summed E-state index contributed by atoms with van der Waals surface area (Å²) in [7, 11) is 0. The zero-order valence-corrected chi connectivity index (χ0v) is 13.3. The predicted octanol–water partition coefficient (Wildman–Crippen LogP) is 4.01. The minimum Gasteiger partial charge on any atom is -0.273 e. The fourth-order valence-electron chi connectivity index (χ4n) is 2.88. The van der Waals surface area contributed by atoms with Crippen LogP contribution in [0.15, 0.2) is 53.6 Å². The summed E-state index contributed by atoms with van der Waals surface area (Å²) >= 11 is 6.28. The van der Waals surface area contributed by atoms with Gasteiger partial charge in [0.05, 0.1) is 11.3 Å². The Kier molecular flexibility index (Phi) is 3.75. The van der Waals surface area contributed by atoms with Gasteiger partial charge >= 0.3 is 0 Å². The van der Waals surface area contributed by atoms with Crippen LogP contribution in [0, 0.1) is 6.07 Å². The molecule has 1 unspecified atom stereocenters. The molecule has 0 aliphatic carbocycles. The molecule has 0 aromatic heterocycles. The van der Waals surface area contributed by atoms with Crippen LogP contribution in [-0.2, 0) is 10.3 Å². The number of halogens is 1. The van der Waals surface area contributed by atoms with Gasteiger partial charge in [0.25, 0.3) is 0 Å². The highest BCUT2D eigenvalue weighted by Crippen LogP contribution is 2.39. The summed E-state index contributed by atoms with van der Waals surface area (Å²) in [6.45, 7) is 3.55. The second-order valence-corrected chi connectivity index (χ2v) is 6.01. The first-order chi connectivity index (χ1) is 10.5. The van der Waals surface area contributed by atoms with E-state index in [0.717, 1.165) is 16.8 Å². The molecule has 1 heterocycles. The Labute approximate surface area is 135 Å². The van der Waals surface area contributed by atoms with Crippen molar-refractivity contribution in [2.45, 2.75) is 25.8 Å². The summed E-state index contributed by atoms with van der Waals surface area (Å²) in [5.41, 5.74) is 2.19. The summed E-state index contributed by atoms with van der Waals surface area (Å²) in [6.07, 6.45) is 0.619. The van der Waals surface area contributed by atoms with E-state index in [1.807, 2.05) is 55.5 Å². The maximum Gasteiger partial charge on any atom is 0.240 e. The van der Waals surface area contributed by atoms with Crippen molar-refractivity contribution in [2.75, 3.05) is 0 Å². The lowest BCUT2D eigenvalue weighted by Crippen LogP contribution is -2.39. The Morgan fingerprint density at radius 3 is 2.73 bits per heavy atom. The molecule has 0 N–H and O–H groups in total. The molecule has 1 amide bonds. The predicted molar refractivity (Wildman–Crippen MR) is 87.8 cm³/mol. The first-order valence-electron chi connectivity index (χ1n) is 7.12. The zero-order chi connectivity index (χ0) is 15.7. The molecule has 0 bridgehead atoms. The van der Waals surface area contributed by atoms with Crippen LogP contribution in [0.25, 0.3) is 0 Å². The van der Waals surface area contributed by atoms with E-state index in [1.54, 1.807) is 5.01 Å². The third-order valence-corrected chi connectivity index (χ3v) is 4.34. The van der Waals surface area contributed by atoms with Gasteiger partial charge in [0, 0.05) is 23.9 Å². The molecule has 0 saturated carbocycles. The van der Waals surface area contributed by atoms with Crippen molar-refractivity contribution in [3.05, 3.63) is 70.7 Å². The smallest absolute Gasteiger partial charge is 0.240 e. The number of amides is 1. The highest BCUT2D eigenvalue weighted by atomic mass is 35.5. The van der Waals surface area contributed by atoms with Gasteiger partial charge in [-0.15, -0.1) is 0 Å².